The van der Waals surface area contributed by atoms with E-state index >= 15 is 0 Å². The van der Waals surface area contributed by atoms with Crippen molar-refractivity contribution < 1.29 is 9.84 Å². The SMILES string of the molecule is C=CCc1cc(Nc2ccccc2)c(O)c(OC)c1. The molecule has 3 heteroatoms. The van der Waals surface area contributed by atoms with Crippen molar-refractivity contribution in [1.82, 2.24) is 0 Å². The van der Waals surface area contributed by atoms with E-state index in [-0.39, 0.29) is 5.75 Å². The van der Waals surface area contributed by atoms with Crippen LogP contribution in [0.5, 0.6) is 11.5 Å². The molecular formula is C16H17NO2. The highest BCUT2D eigenvalue weighted by Gasteiger charge is 2.10. The van der Waals surface area contributed by atoms with Crippen LogP contribution in [0.3, 0.4) is 0 Å². The van der Waals surface area contributed by atoms with E-state index in [9.17, 15) is 5.11 Å². The van der Waals surface area contributed by atoms with Crippen molar-refractivity contribution in [3.05, 3.63) is 60.7 Å². The summed E-state index contributed by atoms with van der Waals surface area (Å²) in [5, 5.41) is 13.3. The van der Waals surface area contributed by atoms with E-state index in [1.165, 1.54) is 0 Å². The standard InChI is InChI=1S/C16H17NO2/c1-3-7-12-10-14(16(18)15(11-12)19-2)17-13-8-5-4-6-9-13/h3-6,8-11,17-18H,1,7H2,2H3. The number of anilines is 2. The molecule has 0 aliphatic rings. The van der Waals surface area contributed by atoms with Crippen molar-refractivity contribution in [3.8, 4) is 11.5 Å². The third-order valence-corrected chi connectivity index (χ3v) is 2.79. The summed E-state index contributed by atoms with van der Waals surface area (Å²) in [6.45, 7) is 3.72. The number of nitrogens with one attached hydrogen (secondary N) is 1. The van der Waals surface area contributed by atoms with Gasteiger partial charge in [-0.2, -0.15) is 0 Å². The fraction of sp³-hybridized carbons (Fsp3) is 0.125. The third-order valence-electron chi connectivity index (χ3n) is 2.79. The Hall–Kier alpha value is -2.42. The number of methoxy groups -OCH3 is 1. The molecule has 0 aliphatic carbocycles. The highest BCUT2D eigenvalue weighted by molar-refractivity contribution is 5.70. The molecule has 98 valence electrons. The number of phenols is 1. The first kappa shape index (κ1) is 13.0. The Labute approximate surface area is 113 Å². The molecule has 0 atom stereocenters. The molecule has 0 spiro atoms. The van der Waals surface area contributed by atoms with Gasteiger partial charge in [0.15, 0.2) is 11.5 Å². The molecule has 0 saturated heterocycles. The number of rotatable bonds is 5. The highest BCUT2D eigenvalue weighted by atomic mass is 16.5. The van der Waals surface area contributed by atoms with Crippen molar-refractivity contribution in [1.29, 1.82) is 0 Å². The lowest BCUT2D eigenvalue weighted by molar-refractivity contribution is 0.374. The molecule has 0 radical (unpaired) electrons. The van der Waals surface area contributed by atoms with Crippen LogP contribution in [0, 0.1) is 0 Å². The summed E-state index contributed by atoms with van der Waals surface area (Å²) >= 11 is 0. The summed E-state index contributed by atoms with van der Waals surface area (Å²) in [4.78, 5) is 0. The topological polar surface area (TPSA) is 41.5 Å². The summed E-state index contributed by atoms with van der Waals surface area (Å²) in [5.41, 5.74) is 2.57. The van der Waals surface area contributed by atoms with Gasteiger partial charge < -0.3 is 15.2 Å². The molecule has 0 amide bonds. The largest absolute Gasteiger partial charge is 0.503 e. The van der Waals surface area contributed by atoms with Gasteiger partial charge in [-0.3, -0.25) is 0 Å². The fourth-order valence-electron chi connectivity index (χ4n) is 1.88. The number of phenolic OH excluding ortho intramolecular Hbond substituents is 1. The molecular weight excluding hydrogens is 238 g/mol. The van der Waals surface area contributed by atoms with Crippen LogP contribution in [0.25, 0.3) is 0 Å². The van der Waals surface area contributed by atoms with E-state index in [0.29, 0.717) is 11.4 Å². The van der Waals surface area contributed by atoms with E-state index in [1.807, 2.05) is 48.5 Å². The number of hydrogen-bond donors (Lipinski definition) is 2. The second-order valence-electron chi connectivity index (χ2n) is 4.18. The fourth-order valence-corrected chi connectivity index (χ4v) is 1.88. The average molecular weight is 255 g/mol. The first-order valence-electron chi connectivity index (χ1n) is 6.07. The van der Waals surface area contributed by atoms with Crippen LogP contribution < -0.4 is 10.1 Å². The van der Waals surface area contributed by atoms with Crippen molar-refractivity contribution in [2.45, 2.75) is 6.42 Å². The zero-order chi connectivity index (χ0) is 13.7. The number of para-hydroxylation sites is 1. The molecule has 2 N–H and O–H groups in total. The number of benzene rings is 2. The molecule has 0 aromatic heterocycles. The van der Waals surface area contributed by atoms with Gasteiger partial charge in [0.25, 0.3) is 0 Å². The quantitative estimate of drug-likeness (QED) is 0.629. The Morgan fingerprint density at radius 2 is 2.00 bits per heavy atom. The minimum absolute atomic E-state index is 0.110. The molecule has 0 heterocycles. The molecule has 3 nitrogen and oxygen atoms in total. The second-order valence-corrected chi connectivity index (χ2v) is 4.18. The van der Waals surface area contributed by atoms with Gasteiger partial charge in [0.2, 0.25) is 0 Å². The van der Waals surface area contributed by atoms with E-state index in [1.54, 1.807) is 7.11 Å². The number of hydrogen-bond acceptors (Lipinski definition) is 3. The average Bonchev–Trinajstić information content (AvgIpc) is 2.43. The first-order valence-corrected chi connectivity index (χ1v) is 6.07. The van der Waals surface area contributed by atoms with Crippen LogP contribution in [0.2, 0.25) is 0 Å². The van der Waals surface area contributed by atoms with Gasteiger partial charge in [0.1, 0.15) is 0 Å². The van der Waals surface area contributed by atoms with Crippen LogP contribution in [0.4, 0.5) is 11.4 Å². The molecule has 19 heavy (non-hydrogen) atoms. The van der Waals surface area contributed by atoms with Crippen LogP contribution in [0.15, 0.2) is 55.1 Å². The van der Waals surface area contributed by atoms with Gasteiger partial charge in [0, 0.05) is 5.69 Å². The van der Waals surface area contributed by atoms with Gasteiger partial charge in [-0.1, -0.05) is 24.3 Å². The zero-order valence-corrected chi connectivity index (χ0v) is 10.9. The Morgan fingerprint density at radius 1 is 1.26 bits per heavy atom. The summed E-state index contributed by atoms with van der Waals surface area (Å²) in [5.74, 6) is 0.567. The zero-order valence-electron chi connectivity index (χ0n) is 10.9. The van der Waals surface area contributed by atoms with Crippen molar-refractivity contribution in [2.24, 2.45) is 0 Å². The highest BCUT2D eigenvalue weighted by Crippen LogP contribution is 2.37. The van der Waals surface area contributed by atoms with Gasteiger partial charge >= 0.3 is 0 Å². The Morgan fingerprint density at radius 3 is 2.63 bits per heavy atom. The van der Waals surface area contributed by atoms with Crippen LogP contribution >= 0.6 is 0 Å². The van der Waals surface area contributed by atoms with Crippen molar-refractivity contribution in [3.63, 3.8) is 0 Å². The minimum atomic E-state index is 0.110. The Bertz CT molecular complexity index is 564. The maximum atomic E-state index is 10.1. The minimum Gasteiger partial charge on any atom is -0.503 e. The summed E-state index contributed by atoms with van der Waals surface area (Å²) < 4.78 is 5.19. The number of aromatic hydroxyl groups is 1. The molecule has 0 bridgehead atoms. The number of allylic oxidation sites excluding steroid dienone is 1. The molecule has 2 rings (SSSR count). The maximum Gasteiger partial charge on any atom is 0.181 e. The molecule has 2 aromatic rings. The van der Waals surface area contributed by atoms with Gasteiger partial charge in [-0.25, -0.2) is 0 Å². The molecule has 0 saturated carbocycles. The maximum absolute atomic E-state index is 10.1. The molecule has 0 fully saturated rings. The number of ether oxygens (including phenoxy) is 1. The summed E-state index contributed by atoms with van der Waals surface area (Å²) in [6, 6.07) is 13.4. The van der Waals surface area contributed by atoms with E-state index in [4.69, 9.17) is 4.74 Å². The van der Waals surface area contributed by atoms with E-state index in [0.717, 1.165) is 17.7 Å². The summed E-state index contributed by atoms with van der Waals surface area (Å²) in [7, 11) is 1.54. The predicted molar refractivity (Wildman–Crippen MR) is 78.3 cm³/mol. The smallest absolute Gasteiger partial charge is 0.181 e. The second kappa shape index (κ2) is 5.96. The molecule has 0 unspecified atom stereocenters. The lowest BCUT2D eigenvalue weighted by Gasteiger charge is -2.13. The van der Waals surface area contributed by atoms with Gasteiger partial charge in [-0.05, 0) is 36.2 Å². The predicted octanol–water partition coefficient (Wildman–Crippen LogP) is 3.87. The van der Waals surface area contributed by atoms with Crippen molar-refractivity contribution in [2.75, 3.05) is 12.4 Å². The van der Waals surface area contributed by atoms with Gasteiger partial charge in [0.05, 0.1) is 12.8 Å². The molecule has 0 aliphatic heterocycles. The van der Waals surface area contributed by atoms with Gasteiger partial charge in [-0.15, -0.1) is 6.58 Å². The Balaban J connectivity index is 2.37. The van der Waals surface area contributed by atoms with Crippen LogP contribution in [-0.4, -0.2) is 12.2 Å². The van der Waals surface area contributed by atoms with Crippen LogP contribution in [-0.2, 0) is 6.42 Å². The van der Waals surface area contributed by atoms with Crippen molar-refractivity contribution >= 4 is 11.4 Å². The van der Waals surface area contributed by atoms with Crippen LogP contribution in [0.1, 0.15) is 5.56 Å². The third kappa shape index (κ3) is 3.07. The normalized spacial score (nSPS) is 9.95. The summed E-state index contributed by atoms with van der Waals surface area (Å²) in [6.07, 6.45) is 2.54. The first-order chi connectivity index (χ1) is 9.24. The lowest BCUT2D eigenvalue weighted by atomic mass is 10.1. The van der Waals surface area contributed by atoms with E-state index in [2.05, 4.69) is 11.9 Å². The monoisotopic (exact) mass is 255 g/mol. The van der Waals surface area contributed by atoms with E-state index < -0.39 is 0 Å². The Kier molecular flexibility index (Phi) is 4.08. The lowest BCUT2D eigenvalue weighted by Crippen LogP contribution is -1.95. The molecule has 2 aromatic carbocycles.